The maximum atomic E-state index is 12.4. The fourth-order valence-electron chi connectivity index (χ4n) is 2.97. The van der Waals surface area contributed by atoms with Crippen LogP contribution in [0.15, 0.2) is 24.4 Å². The van der Waals surface area contributed by atoms with E-state index in [2.05, 4.69) is 29.1 Å². The summed E-state index contributed by atoms with van der Waals surface area (Å²) in [6.07, 6.45) is 5.96. The molecule has 0 unspecified atom stereocenters. The molecule has 1 aromatic heterocycles. The van der Waals surface area contributed by atoms with E-state index < -0.39 is 5.97 Å². The zero-order chi connectivity index (χ0) is 21.2. The Morgan fingerprint density at radius 2 is 1.90 bits per heavy atom. The fraction of sp³-hybridized carbons (Fsp3) is 0.500. The second kappa shape index (κ2) is 11.2. The molecule has 0 radical (unpaired) electrons. The molecular formula is C22H31N3O4. The molecule has 0 aliphatic rings. The summed E-state index contributed by atoms with van der Waals surface area (Å²) >= 11 is 0. The van der Waals surface area contributed by atoms with Crippen LogP contribution in [0.4, 0.5) is 5.82 Å². The minimum absolute atomic E-state index is 0.169. The fourth-order valence-corrected chi connectivity index (χ4v) is 2.97. The molecule has 29 heavy (non-hydrogen) atoms. The van der Waals surface area contributed by atoms with Gasteiger partial charge < -0.3 is 19.5 Å². The first-order valence-corrected chi connectivity index (χ1v) is 10.1. The van der Waals surface area contributed by atoms with Crippen LogP contribution in [0.5, 0.6) is 11.5 Å². The number of nitrogens with zero attached hydrogens (tertiary/aromatic N) is 2. The highest BCUT2D eigenvalue weighted by molar-refractivity contribution is 5.94. The molecule has 158 valence electrons. The van der Waals surface area contributed by atoms with E-state index in [4.69, 9.17) is 14.2 Å². The first-order valence-electron chi connectivity index (χ1n) is 10.1. The number of ether oxygens (including phenoxy) is 3. The number of rotatable bonds is 11. The summed E-state index contributed by atoms with van der Waals surface area (Å²) in [7, 11) is 3.17. The van der Waals surface area contributed by atoms with Crippen molar-refractivity contribution in [2.45, 2.75) is 52.5 Å². The van der Waals surface area contributed by atoms with Crippen LogP contribution in [0.1, 0.15) is 56.8 Å². The summed E-state index contributed by atoms with van der Waals surface area (Å²) in [6.45, 7) is 6.33. The zero-order valence-corrected chi connectivity index (χ0v) is 17.9. The van der Waals surface area contributed by atoms with Crippen molar-refractivity contribution in [2.75, 3.05) is 26.1 Å². The van der Waals surface area contributed by atoms with Gasteiger partial charge in [0.2, 0.25) is 0 Å². The maximum Gasteiger partial charge on any atom is 0.343 e. The first-order chi connectivity index (χ1) is 14.0. The predicted molar refractivity (Wildman–Crippen MR) is 114 cm³/mol. The van der Waals surface area contributed by atoms with Gasteiger partial charge in [-0.2, -0.15) is 0 Å². The van der Waals surface area contributed by atoms with E-state index in [1.807, 2.05) is 12.1 Å². The summed E-state index contributed by atoms with van der Waals surface area (Å²) in [4.78, 5) is 21.4. The van der Waals surface area contributed by atoms with Gasteiger partial charge >= 0.3 is 5.97 Å². The van der Waals surface area contributed by atoms with Gasteiger partial charge in [0.05, 0.1) is 20.8 Å². The minimum atomic E-state index is -0.436. The van der Waals surface area contributed by atoms with Gasteiger partial charge in [-0.25, -0.2) is 14.8 Å². The molecule has 0 aliphatic heterocycles. The Balaban J connectivity index is 2.36. The van der Waals surface area contributed by atoms with Crippen LogP contribution >= 0.6 is 0 Å². The van der Waals surface area contributed by atoms with Gasteiger partial charge in [-0.1, -0.05) is 26.2 Å². The van der Waals surface area contributed by atoms with Crippen LogP contribution < -0.4 is 14.8 Å². The number of esters is 1. The SMILES string of the molecule is CCCCC[C@H](C)Nc1nc(-c2ccc(OC)c(OC)c2)ncc1C(=O)OCC. The third-order valence-corrected chi connectivity index (χ3v) is 4.55. The molecular weight excluding hydrogens is 370 g/mol. The summed E-state index contributed by atoms with van der Waals surface area (Å²) < 4.78 is 15.8. The molecule has 0 fully saturated rings. The molecule has 1 aromatic carbocycles. The number of hydrogen-bond donors (Lipinski definition) is 1. The van der Waals surface area contributed by atoms with Crippen molar-refractivity contribution >= 4 is 11.8 Å². The maximum absolute atomic E-state index is 12.4. The lowest BCUT2D eigenvalue weighted by molar-refractivity contribution is 0.0526. The van der Waals surface area contributed by atoms with Crippen LogP contribution in [0, 0.1) is 0 Å². The van der Waals surface area contributed by atoms with E-state index in [1.165, 1.54) is 12.6 Å². The summed E-state index contributed by atoms with van der Waals surface area (Å²) in [5.41, 5.74) is 1.10. The van der Waals surface area contributed by atoms with Crippen LogP contribution in [0.3, 0.4) is 0 Å². The van der Waals surface area contributed by atoms with Gasteiger partial charge in [0.1, 0.15) is 11.4 Å². The number of hydrogen-bond acceptors (Lipinski definition) is 7. The molecule has 0 amide bonds. The smallest absolute Gasteiger partial charge is 0.343 e. The third-order valence-electron chi connectivity index (χ3n) is 4.55. The van der Waals surface area contributed by atoms with E-state index in [0.717, 1.165) is 24.8 Å². The highest BCUT2D eigenvalue weighted by Crippen LogP contribution is 2.31. The van der Waals surface area contributed by atoms with Crippen molar-refractivity contribution < 1.29 is 19.0 Å². The van der Waals surface area contributed by atoms with Crippen LogP contribution in [0.25, 0.3) is 11.4 Å². The number of benzene rings is 1. The normalized spacial score (nSPS) is 11.6. The van der Waals surface area contributed by atoms with Gasteiger partial charge in [0.15, 0.2) is 17.3 Å². The lowest BCUT2D eigenvalue weighted by atomic mass is 10.1. The Bertz CT molecular complexity index is 811. The van der Waals surface area contributed by atoms with Gasteiger partial charge in [0.25, 0.3) is 0 Å². The monoisotopic (exact) mass is 401 g/mol. The number of carbonyl (C=O) groups excluding carboxylic acids is 1. The molecule has 2 rings (SSSR count). The summed E-state index contributed by atoms with van der Waals surface area (Å²) in [6, 6.07) is 5.64. The lowest BCUT2D eigenvalue weighted by Crippen LogP contribution is -2.20. The molecule has 0 bridgehead atoms. The van der Waals surface area contributed by atoms with Crippen molar-refractivity contribution in [3.05, 3.63) is 30.0 Å². The van der Waals surface area contributed by atoms with E-state index in [9.17, 15) is 4.79 Å². The van der Waals surface area contributed by atoms with Crippen molar-refractivity contribution in [1.82, 2.24) is 9.97 Å². The van der Waals surface area contributed by atoms with Crippen molar-refractivity contribution in [3.63, 3.8) is 0 Å². The van der Waals surface area contributed by atoms with Crippen LogP contribution in [-0.2, 0) is 4.74 Å². The van der Waals surface area contributed by atoms with Crippen molar-refractivity contribution in [3.8, 4) is 22.9 Å². The number of nitrogens with one attached hydrogen (secondary N) is 1. The topological polar surface area (TPSA) is 82.6 Å². The minimum Gasteiger partial charge on any atom is -0.493 e. The molecule has 7 nitrogen and oxygen atoms in total. The quantitative estimate of drug-likeness (QED) is 0.431. The molecule has 2 aromatic rings. The molecule has 0 saturated heterocycles. The average Bonchev–Trinajstić information content (AvgIpc) is 2.73. The molecule has 7 heteroatoms. The van der Waals surface area contributed by atoms with Crippen LogP contribution in [-0.4, -0.2) is 42.8 Å². The number of unbranched alkanes of at least 4 members (excludes halogenated alkanes) is 2. The Labute approximate surface area is 172 Å². The van der Waals surface area contributed by atoms with Gasteiger partial charge in [-0.15, -0.1) is 0 Å². The second-order valence-electron chi connectivity index (χ2n) is 6.79. The molecule has 0 saturated carbocycles. The van der Waals surface area contributed by atoms with E-state index in [1.54, 1.807) is 27.2 Å². The Kier molecular flexibility index (Phi) is 8.70. The molecule has 1 atom stereocenters. The zero-order valence-electron chi connectivity index (χ0n) is 17.9. The Morgan fingerprint density at radius 3 is 2.55 bits per heavy atom. The van der Waals surface area contributed by atoms with Gasteiger partial charge in [0, 0.05) is 17.8 Å². The first kappa shape index (κ1) is 22.5. The van der Waals surface area contributed by atoms with E-state index in [-0.39, 0.29) is 6.04 Å². The largest absolute Gasteiger partial charge is 0.493 e. The standard InChI is InChI=1S/C22H31N3O4/c1-6-8-9-10-15(3)24-21-17(22(26)29-7-2)14-23-20(25-21)16-11-12-18(27-4)19(13-16)28-5/h11-15H,6-10H2,1-5H3,(H,23,24,25)/t15-/m0/s1. The predicted octanol–water partition coefficient (Wildman–Crippen LogP) is 4.72. The van der Waals surface area contributed by atoms with Gasteiger partial charge in [-0.3, -0.25) is 0 Å². The molecule has 1 N–H and O–H groups in total. The summed E-state index contributed by atoms with van der Waals surface area (Å²) in [5, 5.41) is 3.36. The van der Waals surface area contributed by atoms with Crippen LogP contribution in [0.2, 0.25) is 0 Å². The van der Waals surface area contributed by atoms with Gasteiger partial charge in [-0.05, 0) is 38.5 Å². The Hall–Kier alpha value is -2.83. The Morgan fingerprint density at radius 1 is 1.14 bits per heavy atom. The highest BCUT2D eigenvalue weighted by Gasteiger charge is 2.18. The summed E-state index contributed by atoms with van der Waals surface area (Å²) in [5.74, 6) is 1.75. The lowest BCUT2D eigenvalue weighted by Gasteiger charge is -2.17. The number of anilines is 1. The number of aromatic nitrogens is 2. The molecule has 1 heterocycles. The second-order valence-corrected chi connectivity index (χ2v) is 6.79. The highest BCUT2D eigenvalue weighted by atomic mass is 16.5. The van der Waals surface area contributed by atoms with Crippen molar-refractivity contribution in [2.24, 2.45) is 0 Å². The third kappa shape index (κ3) is 6.07. The van der Waals surface area contributed by atoms with Crippen molar-refractivity contribution in [1.29, 1.82) is 0 Å². The molecule has 0 spiro atoms. The number of carbonyl (C=O) groups is 1. The number of methoxy groups -OCH3 is 2. The van der Waals surface area contributed by atoms with E-state index in [0.29, 0.717) is 35.3 Å². The average molecular weight is 402 g/mol. The van der Waals surface area contributed by atoms with E-state index >= 15 is 0 Å². The molecule has 0 aliphatic carbocycles.